The molecule has 0 aliphatic rings. The fraction of sp³-hybridized carbons (Fsp3) is 0.615. The number of thiazole rings is 1. The number of nitrogens with zero attached hydrogens (tertiary/aromatic N) is 2. The minimum Gasteiger partial charge on any atom is -0.466 e. The molecular weight excluding hydrogens is 278 g/mol. The van der Waals surface area contributed by atoms with Gasteiger partial charge in [0.1, 0.15) is 0 Å². The van der Waals surface area contributed by atoms with E-state index in [2.05, 4.69) is 10.3 Å². The topological polar surface area (TPSA) is 71.5 Å². The molecule has 1 N–H and O–H groups in total. The lowest BCUT2D eigenvalue weighted by Gasteiger charge is -2.14. The SMILES string of the molecule is CCOC(=O)CCc1csc(NCC(=O)N(C)CC)n1. The molecule has 112 valence electrons. The fourth-order valence-electron chi connectivity index (χ4n) is 1.43. The quantitative estimate of drug-likeness (QED) is 0.737. The number of anilines is 1. The molecule has 0 spiro atoms. The molecule has 1 aromatic heterocycles. The van der Waals surface area contributed by atoms with Crippen molar-refractivity contribution in [1.29, 1.82) is 0 Å². The van der Waals surface area contributed by atoms with Crippen LogP contribution in [-0.2, 0) is 20.7 Å². The number of carbonyl (C=O) groups excluding carboxylic acids is 2. The molecule has 0 atom stereocenters. The number of hydrogen-bond acceptors (Lipinski definition) is 6. The molecule has 0 fully saturated rings. The molecule has 1 heterocycles. The molecule has 0 saturated carbocycles. The van der Waals surface area contributed by atoms with E-state index in [1.165, 1.54) is 11.3 Å². The molecule has 0 aliphatic carbocycles. The van der Waals surface area contributed by atoms with Crippen LogP contribution in [0.25, 0.3) is 0 Å². The molecule has 7 heteroatoms. The Kier molecular flexibility index (Phi) is 7.00. The highest BCUT2D eigenvalue weighted by molar-refractivity contribution is 7.13. The van der Waals surface area contributed by atoms with Crippen LogP contribution in [0.15, 0.2) is 5.38 Å². The van der Waals surface area contributed by atoms with Crippen molar-refractivity contribution < 1.29 is 14.3 Å². The number of rotatable bonds is 8. The van der Waals surface area contributed by atoms with Crippen molar-refractivity contribution in [2.24, 2.45) is 0 Å². The van der Waals surface area contributed by atoms with Crippen molar-refractivity contribution in [2.45, 2.75) is 26.7 Å². The van der Waals surface area contributed by atoms with Crippen LogP contribution in [0.1, 0.15) is 26.0 Å². The van der Waals surface area contributed by atoms with Crippen molar-refractivity contribution in [3.63, 3.8) is 0 Å². The smallest absolute Gasteiger partial charge is 0.306 e. The van der Waals surface area contributed by atoms with E-state index >= 15 is 0 Å². The lowest BCUT2D eigenvalue weighted by molar-refractivity contribution is -0.143. The highest BCUT2D eigenvalue weighted by Crippen LogP contribution is 2.16. The Morgan fingerprint density at radius 3 is 2.85 bits per heavy atom. The van der Waals surface area contributed by atoms with Gasteiger partial charge < -0.3 is 15.0 Å². The van der Waals surface area contributed by atoms with Gasteiger partial charge in [0.05, 0.1) is 25.3 Å². The second kappa shape index (κ2) is 8.52. The van der Waals surface area contributed by atoms with E-state index in [1.54, 1.807) is 18.9 Å². The van der Waals surface area contributed by atoms with E-state index in [9.17, 15) is 9.59 Å². The van der Waals surface area contributed by atoms with Gasteiger partial charge in [-0.3, -0.25) is 9.59 Å². The maximum absolute atomic E-state index is 11.6. The van der Waals surface area contributed by atoms with Crippen LogP contribution in [-0.4, -0.2) is 48.5 Å². The number of esters is 1. The maximum Gasteiger partial charge on any atom is 0.306 e. The molecule has 6 nitrogen and oxygen atoms in total. The van der Waals surface area contributed by atoms with E-state index < -0.39 is 0 Å². The van der Waals surface area contributed by atoms with Gasteiger partial charge in [0.2, 0.25) is 5.91 Å². The van der Waals surface area contributed by atoms with Gasteiger partial charge >= 0.3 is 5.97 Å². The zero-order valence-corrected chi connectivity index (χ0v) is 13.0. The summed E-state index contributed by atoms with van der Waals surface area (Å²) in [6.45, 7) is 5.02. The Labute approximate surface area is 123 Å². The first-order chi connectivity index (χ1) is 9.56. The Hall–Kier alpha value is -1.63. The molecule has 0 unspecified atom stereocenters. The first-order valence-electron chi connectivity index (χ1n) is 6.64. The first-order valence-corrected chi connectivity index (χ1v) is 7.52. The molecule has 0 saturated heterocycles. The molecule has 0 aliphatic heterocycles. The highest BCUT2D eigenvalue weighted by atomic mass is 32.1. The Morgan fingerprint density at radius 2 is 2.20 bits per heavy atom. The molecule has 0 radical (unpaired) electrons. The van der Waals surface area contributed by atoms with Crippen LogP contribution in [0.4, 0.5) is 5.13 Å². The minimum absolute atomic E-state index is 0.0239. The molecule has 0 bridgehead atoms. The van der Waals surface area contributed by atoms with Crippen molar-refractivity contribution in [1.82, 2.24) is 9.88 Å². The number of amides is 1. The summed E-state index contributed by atoms with van der Waals surface area (Å²) in [5.41, 5.74) is 0.835. The van der Waals surface area contributed by atoms with Gasteiger partial charge in [-0.15, -0.1) is 11.3 Å². The number of aryl methyl sites for hydroxylation is 1. The number of likely N-dealkylation sites (N-methyl/N-ethyl adjacent to an activating group) is 1. The standard InChI is InChI=1S/C13H21N3O3S/c1-4-16(3)11(17)8-14-13-15-10(9-20-13)6-7-12(18)19-5-2/h9H,4-8H2,1-3H3,(H,14,15). The lowest BCUT2D eigenvalue weighted by atomic mass is 10.2. The zero-order valence-electron chi connectivity index (χ0n) is 12.1. The number of ether oxygens (including phenoxy) is 1. The summed E-state index contributed by atoms with van der Waals surface area (Å²) in [7, 11) is 1.76. The monoisotopic (exact) mass is 299 g/mol. The van der Waals surface area contributed by atoms with Gasteiger partial charge in [-0.25, -0.2) is 4.98 Å². The largest absolute Gasteiger partial charge is 0.466 e. The van der Waals surface area contributed by atoms with Crippen molar-refractivity contribution in [3.05, 3.63) is 11.1 Å². The Balaban J connectivity index is 2.36. The normalized spacial score (nSPS) is 10.2. The molecular formula is C13H21N3O3S. The third-order valence-electron chi connectivity index (χ3n) is 2.73. The van der Waals surface area contributed by atoms with Gasteiger partial charge in [0.25, 0.3) is 0 Å². The predicted octanol–water partition coefficient (Wildman–Crippen LogP) is 1.53. The molecule has 1 rings (SSSR count). The molecule has 0 aromatic carbocycles. The van der Waals surface area contributed by atoms with Crippen LogP contribution in [0.2, 0.25) is 0 Å². The second-order valence-electron chi connectivity index (χ2n) is 4.21. The van der Waals surface area contributed by atoms with Gasteiger partial charge in [-0.05, 0) is 13.8 Å². The van der Waals surface area contributed by atoms with Crippen LogP contribution in [0.5, 0.6) is 0 Å². The van der Waals surface area contributed by atoms with Gasteiger partial charge in [-0.2, -0.15) is 0 Å². The van der Waals surface area contributed by atoms with E-state index in [-0.39, 0.29) is 18.4 Å². The van der Waals surface area contributed by atoms with Crippen LogP contribution in [0.3, 0.4) is 0 Å². The third kappa shape index (κ3) is 5.56. The number of aromatic nitrogens is 1. The first kappa shape index (κ1) is 16.4. The molecule has 20 heavy (non-hydrogen) atoms. The summed E-state index contributed by atoms with van der Waals surface area (Å²) in [6.07, 6.45) is 0.883. The summed E-state index contributed by atoms with van der Waals surface area (Å²) in [6, 6.07) is 0. The van der Waals surface area contributed by atoms with Crippen LogP contribution in [0, 0.1) is 0 Å². The summed E-state index contributed by atoms with van der Waals surface area (Å²) < 4.78 is 4.86. The second-order valence-corrected chi connectivity index (χ2v) is 5.07. The summed E-state index contributed by atoms with van der Waals surface area (Å²) in [5.74, 6) is -0.189. The Bertz CT molecular complexity index is 448. The highest BCUT2D eigenvalue weighted by Gasteiger charge is 2.09. The van der Waals surface area contributed by atoms with Crippen molar-refractivity contribution in [3.8, 4) is 0 Å². The summed E-state index contributed by atoms with van der Waals surface area (Å²) in [5, 5.41) is 5.57. The number of hydrogen-bond donors (Lipinski definition) is 1. The van der Waals surface area contributed by atoms with Gasteiger partial charge in [0, 0.05) is 25.4 Å². The van der Waals surface area contributed by atoms with E-state index in [1.807, 2.05) is 12.3 Å². The maximum atomic E-state index is 11.6. The van der Waals surface area contributed by atoms with Crippen molar-refractivity contribution >= 4 is 28.3 Å². The van der Waals surface area contributed by atoms with Crippen LogP contribution >= 0.6 is 11.3 Å². The lowest BCUT2D eigenvalue weighted by Crippen LogP contribution is -2.31. The summed E-state index contributed by atoms with van der Waals surface area (Å²) >= 11 is 1.43. The number of nitrogens with one attached hydrogen (secondary N) is 1. The van der Waals surface area contributed by atoms with E-state index in [0.717, 1.165) is 5.69 Å². The average molecular weight is 299 g/mol. The fourth-order valence-corrected chi connectivity index (χ4v) is 2.17. The van der Waals surface area contributed by atoms with E-state index in [0.29, 0.717) is 31.1 Å². The Morgan fingerprint density at radius 1 is 1.45 bits per heavy atom. The van der Waals surface area contributed by atoms with Gasteiger partial charge in [0.15, 0.2) is 5.13 Å². The summed E-state index contributed by atoms with van der Waals surface area (Å²) in [4.78, 5) is 28.8. The zero-order chi connectivity index (χ0) is 15.0. The average Bonchev–Trinajstić information content (AvgIpc) is 2.90. The third-order valence-corrected chi connectivity index (χ3v) is 3.58. The molecule has 1 aromatic rings. The number of carbonyl (C=O) groups is 2. The van der Waals surface area contributed by atoms with Crippen LogP contribution < -0.4 is 5.32 Å². The molecule has 1 amide bonds. The predicted molar refractivity (Wildman–Crippen MR) is 78.9 cm³/mol. The van der Waals surface area contributed by atoms with E-state index in [4.69, 9.17) is 4.74 Å². The van der Waals surface area contributed by atoms with Crippen molar-refractivity contribution in [2.75, 3.05) is 32.1 Å². The minimum atomic E-state index is -0.213. The van der Waals surface area contributed by atoms with Gasteiger partial charge in [-0.1, -0.05) is 0 Å².